The second-order valence-electron chi connectivity index (χ2n) is 6.07. The Morgan fingerprint density at radius 1 is 1.52 bits per heavy atom. The van der Waals surface area contributed by atoms with Crippen LogP contribution in [0.15, 0.2) is 16.9 Å². The molecule has 1 saturated heterocycles. The highest BCUT2D eigenvalue weighted by atomic mass is 16.5. The van der Waals surface area contributed by atoms with Crippen LogP contribution < -0.4 is 0 Å². The molecule has 2 aromatic heterocycles. The van der Waals surface area contributed by atoms with Gasteiger partial charge in [-0.15, -0.1) is 5.10 Å². The summed E-state index contributed by atoms with van der Waals surface area (Å²) in [4.78, 5) is 14.5. The van der Waals surface area contributed by atoms with Gasteiger partial charge in [0.15, 0.2) is 0 Å². The molecule has 2 aromatic rings. The molecule has 1 atom stereocenters. The number of aliphatic hydroxyl groups is 1. The number of likely N-dealkylation sites (tertiary alicyclic amines) is 1. The van der Waals surface area contributed by atoms with Crippen molar-refractivity contribution in [2.75, 3.05) is 13.1 Å². The molecule has 0 spiro atoms. The maximum atomic E-state index is 12.8. The SMILES string of the molecule is CCc1onc(C)c1C(=O)N1CCCC(O)(Cn2ccnn2)C1. The van der Waals surface area contributed by atoms with E-state index < -0.39 is 5.60 Å². The lowest BCUT2D eigenvalue weighted by Gasteiger charge is -2.39. The Bertz CT molecular complexity index is 681. The van der Waals surface area contributed by atoms with E-state index >= 15 is 0 Å². The molecule has 8 nitrogen and oxygen atoms in total. The minimum atomic E-state index is -1.00. The standard InChI is InChI=1S/C15H21N5O3/c1-3-12-13(11(2)17-23-12)14(21)19-7-4-5-15(22,9-19)10-20-8-6-16-18-20/h6,8,22H,3-5,7,9-10H2,1-2H3. The van der Waals surface area contributed by atoms with Crippen LogP contribution in [0.1, 0.15) is 41.6 Å². The van der Waals surface area contributed by atoms with Gasteiger partial charge in [0.1, 0.15) is 16.9 Å². The molecule has 0 aliphatic carbocycles. The number of amides is 1. The molecule has 0 aromatic carbocycles. The third-order valence-corrected chi connectivity index (χ3v) is 4.24. The molecule has 3 heterocycles. The maximum Gasteiger partial charge on any atom is 0.259 e. The Morgan fingerprint density at radius 2 is 2.35 bits per heavy atom. The number of rotatable bonds is 4. The van der Waals surface area contributed by atoms with E-state index in [4.69, 9.17) is 4.52 Å². The Labute approximate surface area is 134 Å². The predicted octanol–water partition coefficient (Wildman–Crippen LogP) is 0.804. The summed E-state index contributed by atoms with van der Waals surface area (Å²) in [5.41, 5.74) is 0.119. The first-order valence-corrected chi connectivity index (χ1v) is 7.83. The van der Waals surface area contributed by atoms with Crippen molar-refractivity contribution in [1.29, 1.82) is 0 Å². The Kier molecular flexibility index (Phi) is 4.16. The van der Waals surface area contributed by atoms with E-state index in [1.165, 1.54) is 0 Å². The molecular weight excluding hydrogens is 298 g/mol. The fourth-order valence-electron chi connectivity index (χ4n) is 3.12. The van der Waals surface area contributed by atoms with Gasteiger partial charge in [-0.1, -0.05) is 17.3 Å². The Balaban J connectivity index is 1.77. The Hall–Kier alpha value is -2.22. The predicted molar refractivity (Wildman–Crippen MR) is 80.7 cm³/mol. The van der Waals surface area contributed by atoms with E-state index in [0.717, 1.165) is 6.42 Å². The van der Waals surface area contributed by atoms with Crippen LogP contribution >= 0.6 is 0 Å². The first kappa shape index (κ1) is 15.7. The van der Waals surface area contributed by atoms with Crippen LogP contribution in [0.25, 0.3) is 0 Å². The van der Waals surface area contributed by atoms with Gasteiger partial charge in [0.25, 0.3) is 5.91 Å². The number of hydrogen-bond donors (Lipinski definition) is 1. The number of aromatic nitrogens is 4. The molecular formula is C15H21N5O3. The Morgan fingerprint density at radius 3 is 3.04 bits per heavy atom. The monoisotopic (exact) mass is 319 g/mol. The van der Waals surface area contributed by atoms with E-state index in [9.17, 15) is 9.90 Å². The molecule has 3 rings (SSSR count). The van der Waals surface area contributed by atoms with Crippen LogP contribution in [-0.4, -0.2) is 54.8 Å². The highest BCUT2D eigenvalue weighted by molar-refractivity contribution is 5.96. The first-order valence-electron chi connectivity index (χ1n) is 7.83. The van der Waals surface area contributed by atoms with Crippen molar-refractivity contribution < 1.29 is 14.4 Å². The topological polar surface area (TPSA) is 97.3 Å². The van der Waals surface area contributed by atoms with Gasteiger partial charge in [0.2, 0.25) is 0 Å². The molecule has 1 fully saturated rings. The number of carbonyl (C=O) groups is 1. The summed E-state index contributed by atoms with van der Waals surface area (Å²) in [6.07, 6.45) is 5.25. The minimum Gasteiger partial charge on any atom is -0.386 e. The van der Waals surface area contributed by atoms with Crippen LogP contribution in [0.4, 0.5) is 0 Å². The summed E-state index contributed by atoms with van der Waals surface area (Å²) in [5.74, 6) is 0.468. The van der Waals surface area contributed by atoms with Crippen molar-refractivity contribution in [3.8, 4) is 0 Å². The van der Waals surface area contributed by atoms with Crippen molar-refractivity contribution >= 4 is 5.91 Å². The third kappa shape index (κ3) is 3.12. The molecule has 8 heteroatoms. The minimum absolute atomic E-state index is 0.127. The van der Waals surface area contributed by atoms with Gasteiger partial charge in [-0.2, -0.15) is 0 Å². The summed E-state index contributed by atoms with van der Waals surface area (Å²) >= 11 is 0. The van der Waals surface area contributed by atoms with Crippen molar-refractivity contribution in [2.45, 2.75) is 45.3 Å². The van der Waals surface area contributed by atoms with Crippen LogP contribution in [0, 0.1) is 6.92 Å². The van der Waals surface area contributed by atoms with E-state index in [-0.39, 0.29) is 12.5 Å². The lowest BCUT2D eigenvalue weighted by Crippen LogP contribution is -2.52. The summed E-state index contributed by atoms with van der Waals surface area (Å²) in [5, 5.41) is 22.4. The van der Waals surface area contributed by atoms with Gasteiger partial charge >= 0.3 is 0 Å². The van der Waals surface area contributed by atoms with E-state index in [1.54, 1.807) is 28.9 Å². The normalized spacial score (nSPS) is 21.6. The van der Waals surface area contributed by atoms with E-state index in [2.05, 4.69) is 15.5 Å². The largest absolute Gasteiger partial charge is 0.386 e. The fourth-order valence-corrected chi connectivity index (χ4v) is 3.12. The summed E-state index contributed by atoms with van der Waals surface area (Å²) in [7, 11) is 0. The summed E-state index contributed by atoms with van der Waals surface area (Å²) in [6, 6.07) is 0. The van der Waals surface area contributed by atoms with Crippen molar-refractivity contribution in [2.24, 2.45) is 0 Å². The molecule has 23 heavy (non-hydrogen) atoms. The molecule has 1 aliphatic rings. The molecule has 1 aliphatic heterocycles. The molecule has 0 radical (unpaired) electrons. The van der Waals surface area contributed by atoms with Gasteiger partial charge in [0.05, 0.1) is 25.0 Å². The average Bonchev–Trinajstić information content (AvgIpc) is 3.15. The first-order chi connectivity index (χ1) is 11.0. The zero-order chi connectivity index (χ0) is 16.4. The van der Waals surface area contributed by atoms with Gasteiger partial charge < -0.3 is 14.5 Å². The molecule has 0 bridgehead atoms. The fraction of sp³-hybridized carbons (Fsp3) is 0.600. The third-order valence-electron chi connectivity index (χ3n) is 4.24. The smallest absolute Gasteiger partial charge is 0.259 e. The van der Waals surface area contributed by atoms with Crippen molar-refractivity contribution in [3.63, 3.8) is 0 Å². The maximum absolute atomic E-state index is 12.8. The molecule has 1 amide bonds. The lowest BCUT2D eigenvalue weighted by molar-refractivity contribution is -0.0388. The molecule has 1 N–H and O–H groups in total. The van der Waals surface area contributed by atoms with Crippen molar-refractivity contribution in [3.05, 3.63) is 29.4 Å². The molecule has 124 valence electrons. The second kappa shape index (κ2) is 6.11. The van der Waals surface area contributed by atoms with Crippen LogP contribution in [0.3, 0.4) is 0 Å². The van der Waals surface area contributed by atoms with Crippen LogP contribution in [-0.2, 0) is 13.0 Å². The average molecular weight is 319 g/mol. The number of aryl methyl sites for hydroxylation is 2. The van der Waals surface area contributed by atoms with Gasteiger partial charge in [0, 0.05) is 19.2 Å². The van der Waals surface area contributed by atoms with E-state index in [1.807, 2.05) is 6.92 Å². The summed E-state index contributed by atoms with van der Waals surface area (Å²) in [6.45, 7) is 4.89. The lowest BCUT2D eigenvalue weighted by atomic mass is 9.92. The number of carbonyl (C=O) groups excluding carboxylic acids is 1. The number of piperidine rings is 1. The van der Waals surface area contributed by atoms with Gasteiger partial charge in [-0.25, -0.2) is 4.68 Å². The zero-order valence-corrected chi connectivity index (χ0v) is 13.4. The number of hydrogen-bond acceptors (Lipinski definition) is 6. The number of nitrogens with zero attached hydrogens (tertiary/aromatic N) is 5. The van der Waals surface area contributed by atoms with Crippen LogP contribution in [0.5, 0.6) is 0 Å². The van der Waals surface area contributed by atoms with E-state index in [0.29, 0.717) is 42.9 Å². The van der Waals surface area contributed by atoms with Crippen LogP contribution in [0.2, 0.25) is 0 Å². The number of β-amino-alcohol motifs (C(OH)–C–C–N with tert-alkyl or cyclic N) is 1. The second-order valence-corrected chi connectivity index (χ2v) is 6.07. The molecule has 1 unspecified atom stereocenters. The zero-order valence-electron chi connectivity index (χ0n) is 13.4. The van der Waals surface area contributed by atoms with Gasteiger partial charge in [-0.3, -0.25) is 4.79 Å². The quantitative estimate of drug-likeness (QED) is 0.895. The summed E-state index contributed by atoms with van der Waals surface area (Å²) < 4.78 is 6.80. The van der Waals surface area contributed by atoms with Gasteiger partial charge in [-0.05, 0) is 19.8 Å². The molecule has 0 saturated carbocycles. The van der Waals surface area contributed by atoms with Crippen molar-refractivity contribution in [1.82, 2.24) is 25.1 Å². The highest BCUT2D eigenvalue weighted by Gasteiger charge is 2.37. The highest BCUT2D eigenvalue weighted by Crippen LogP contribution is 2.26.